The average Bonchev–Trinajstić information content (AvgIpc) is 2.48. The summed E-state index contributed by atoms with van der Waals surface area (Å²) in [7, 11) is 0. The summed E-state index contributed by atoms with van der Waals surface area (Å²) in [6, 6.07) is 14.6. The molecule has 1 aromatic heterocycles. The minimum absolute atomic E-state index is 0.0551. The van der Waals surface area contributed by atoms with Crippen LogP contribution in [0.1, 0.15) is 16.1 Å². The number of hydrogen-bond donors (Lipinski definition) is 1. The van der Waals surface area contributed by atoms with Crippen LogP contribution in [0.5, 0.6) is 0 Å². The largest absolute Gasteiger partial charge is 0.333 e. The fraction of sp³-hybridized carbons (Fsp3) is 0.133. The molecule has 0 aliphatic heterocycles. The van der Waals surface area contributed by atoms with Gasteiger partial charge in [-0.25, -0.2) is 0 Å². The van der Waals surface area contributed by atoms with Crippen LogP contribution < -0.4 is 10.1 Å². The molecule has 2 rings (SSSR count). The average molecular weight is 287 g/mol. The number of ketones is 1. The lowest BCUT2D eigenvalue weighted by Gasteiger charge is -2.01. The van der Waals surface area contributed by atoms with Gasteiger partial charge in [0.15, 0.2) is 12.0 Å². The van der Waals surface area contributed by atoms with E-state index in [0.717, 1.165) is 17.5 Å². The second kappa shape index (κ2) is 6.86. The predicted octanol–water partition coefficient (Wildman–Crippen LogP) is 2.56. The maximum absolute atomic E-state index is 11.9. The highest BCUT2D eigenvalue weighted by molar-refractivity contribution is 8.14. The van der Waals surface area contributed by atoms with Crippen molar-refractivity contribution in [2.45, 2.75) is 6.92 Å². The molecule has 0 fully saturated rings. The third-order valence-electron chi connectivity index (χ3n) is 2.71. The Kier molecular flexibility index (Phi) is 4.90. The van der Waals surface area contributed by atoms with Gasteiger partial charge in [-0.3, -0.25) is 9.59 Å². The molecule has 4 nitrogen and oxygen atoms in total. The summed E-state index contributed by atoms with van der Waals surface area (Å²) >= 11 is 0.963. The van der Waals surface area contributed by atoms with Crippen LogP contribution in [0.3, 0.4) is 0 Å². The molecule has 1 N–H and O–H groups in total. The van der Waals surface area contributed by atoms with E-state index >= 15 is 0 Å². The molecule has 5 heteroatoms. The number of benzene rings is 1. The van der Waals surface area contributed by atoms with Crippen molar-refractivity contribution in [2.75, 3.05) is 11.2 Å². The Morgan fingerprint density at radius 1 is 1.10 bits per heavy atom. The molecule has 0 saturated carbocycles. The standard InChI is InChI=1S/C15H14N2O2S/c1-12-7-5-6-10-17(12)16-15(19)20-11-14(18)13-8-3-2-4-9-13/h2-10H,11H2,1H3/p+1. The number of carbonyl (C=O) groups is 2. The van der Waals surface area contributed by atoms with E-state index < -0.39 is 0 Å². The fourth-order valence-electron chi connectivity index (χ4n) is 1.62. The number of aryl methyl sites for hydroxylation is 1. The quantitative estimate of drug-likeness (QED) is 0.694. The lowest BCUT2D eigenvalue weighted by molar-refractivity contribution is -0.647. The summed E-state index contributed by atoms with van der Waals surface area (Å²) in [6.45, 7) is 1.89. The van der Waals surface area contributed by atoms with E-state index in [1.54, 1.807) is 35.1 Å². The van der Waals surface area contributed by atoms with Crippen LogP contribution in [-0.2, 0) is 0 Å². The normalized spacial score (nSPS) is 10.1. The number of hydrogen-bond acceptors (Lipinski definition) is 3. The monoisotopic (exact) mass is 287 g/mol. The van der Waals surface area contributed by atoms with Gasteiger partial charge in [0.2, 0.25) is 5.69 Å². The van der Waals surface area contributed by atoms with Crippen molar-refractivity contribution in [3.05, 3.63) is 66.0 Å². The highest BCUT2D eigenvalue weighted by Crippen LogP contribution is 2.08. The van der Waals surface area contributed by atoms with Gasteiger partial charge in [-0.15, -0.1) is 5.43 Å². The summed E-state index contributed by atoms with van der Waals surface area (Å²) in [5, 5.41) is -0.256. The van der Waals surface area contributed by atoms with E-state index in [1.807, 2.05) is 31.2 Å². The first-order chi connectivity index (χ1) is 9.66. The summed E-state index contributed by atoms with van der Waals surface area (Å²) in [4.78, 5) is 23.6. The van der Waals surface area contributed by atoms with Crippen LogP contribution in [0.4, 0.5) is 4.79 Å². The third-order valence-corrected chi connectivity index (χ3v) is 3.47. The van der Waals surface area contributed by atoms with Crippen LogP contribution in [-0.4, -0.2) is 16.8 Å². The first kappa shape index (κ1) is 14.3. The first-order valence-corrected chi connectivity index (χ1v) is 7.14. The zero-order valence-electron chi connectivity index (χ0n) is 11.1. The van der Waals surface area contributed by atoms with Crippen molar-refractivity contribution in [3.8, 4) is 0 Å². The van der Waals surface area contributed by atoms with E-state index in [0.29, 0.717) is 5.56 Å². The second-order valence-corrected chi connectivity index (χ2v) is 5.14. The van der Waals surface area contributed by atoms with E-state index in [-0.39, 0.29) is 16.8 Å². The number of aromatic nitrogens is 1. The topological polar surface area (TPSA) is 50.1 Å². The van der Waals surface area contributed by atoms with Crippen LogP contribution in [0.15, 0.2) is 54.7 Å². The number of Topliss-reactive ketones (excluding diaryl/α,β-unsaturated/α-hetero) is 1. The van der Waals surface area contributed by atoms with Crippen molar-refractivity contribution >= 4 is 22.8 Å². The SMILES string of the molecule is Cc1cccc[n+]1NC(=O)SCC(=O)c1ccccc1. The van der Waals surface area contributed by atoms with Gasteiger partial charge in [0, 0.05) is 24.6 Å². The Bertz CT molecular complexity index is 614. The maximum Gasteiger partial charge on any atom is 0.333 e. The summed E-state index contributed by atoms with van der Waals surface area (Å²) < 4.78 is 1.63. The van der Waals surface area contributed by atoms with Gasteiger partial charge in [0.05, 0.1) is 5.75 Å². The van der Waals surface area contributed by atoms with Crippen molar-refractivity contribution < 1.29 is 14.3 Å². The molecule has 0 saturated heterocycles. The number of amides is 1. The highest BCUT2D eigenvalue weighted by atomic mass is 32.2. The molecule has 0 spiro atoms. The molecule has 20 heavy (non-hydrogen) atoms. The molecule has 0 aliphatic carbocycles. The minimum Gasteiger partial charge on any atom is -0.293 e. The van der Waals surface area contributed by atoms with Gasteiger partial charge in [-0.1, -0.05) is 46.8 Å². The molecule has 2 aromatic rings. The number of nitrogens with zero attached hydrogens (tertiary/aromatic N) is 1. The molecule has 0 aliphatic rings. The van der Waals surface area contributed by atoms with Crippen molar-refractivity contribution in [1.29, 1.82) is 0 Å². The highest BCUT2D eigenvalue weighted by Gasteiger charge is 2.13. The van der Waals surface area contributed by atoms with Crippen molar-refractivity contribution in [1.82, 2.24) is 0 Å². The predicted molar refractivity (Wildman–Crippen MR) is 79.4 cm³/mol. The smallest absolute Gasteiger partial charge is 0.293 e. The zero-order chi connectivity index (χ0) is 14.4. The third kappa shape index (κ3) is 3.93. The van der Waals surface area contributed by atoms with Gasteiger partial charge in [-0.05, 0) is 6.07 Å². The summed E-state index contributed by atoms with van der Waals surface area (Å²) in [5.41, 5.74) is 4.24. The lowest BCUT2D eigenvalue weighted by Crippen LogP contribution is -2.49. The minimum atomic E-state index is -0.256. The van der Waals surface area contributed by atoms with Gasteiger partial charge < -0.3 is 0 Å². The molecule has 1 heterocycles. The maximum atomic E-state index is 11.9. The fourth-order valence-corrected chi connectivity index (χ4v) is 2.21. The van der Waals surface area contributed by atoms with E-state index in [9.17, 15) is 9.59 Å². The van der Waals surface area contributed by atoms with Crippen LogP contribution in [0.2, 0.25) is 0 Å². The van der Waals surface area contributed by atoms with Crippen LogP contribution in [0, 0.1) is 6.92 Å². The molecular formula is C15H15N2O2S+. The number of thioether (sulfide) groups is 1. The van der Waals surface area contributed by atoms with Crippen LogP contribution in [0.25, 0.3) is 0 Å². The van der Waals surface area contributed by atoms with Gasteiger partial charge in [-0.2, -0.15) is 0 Å². The Labute approximate surface area is 121 Å². The van der Waals surface area contributed by atoms with Crippen molar-refractivity contribution in [3.63, 3.8) is 0 Å². The van der Waals surface area contributed by atoms with E-state index in [4.69, 9.17) is 0 Å². The Morgan fingerprint density at radius 2 is 1.80 bits per heavy atom. The summed E-state index contributed by atoms with van der Waals surface area (Å²) in [6.07, 6.45) is 1.76. The Hall–Kier alpha value is -2.14. The number of carbonyl (C=O) groups excluding carboxylic acids is 2. The number of rotatable bonds is 4. The molecule has 0 bridgehead atoms. The molecular weight excluding hydrogens is 272 g/mol. The first-order valence-electron chi connectivity index (χ1n) is 6.16. The molecule has 1 aromatic carbocycles. The number of pyridine rings is 1. The van der Waals surface area contributed by atoms with Gasteiger partial charge in [0.1, 0.15) is 0 Å². The Morgan fingerprint density at radius 3 is 2.50 bits per heavy atom. The molecule has 0 atom stereocenters. The molecule has 102 valence electrons. The van der Waals surface area contributed by atoms with Gasteiger partial charge >= 0.3 is 5.24 Å². The van der Waals surface area contributed by atoms with Gasteiger partial charge in [0.25, 0.3) is 0 Å². The number of nitrogens with one attached hydrogen (secondary N) is 1. The van der Waals surface area contributed by atoms with E-state index in [1.165, 1.54) is 0 Å². The summed E-state index contributed by atoms with van der Waals surface area (Å²) in [5.74, 6) is 0.0722. The van der Waals surface area contributed by atoms with Crippen molar-refractivity contribution in [2.24, 2.45) is 0 Å². The molecule has 0 unspecified atom stereocenters. The Balaban J connectivity index is 1.87. The molecule has 1 amide bonds. The second-order valence-electron chi connectivity index (χ2n) is 4.19. The van der Waals surface area contributed by atoms with E-state index in [2.05, 4.69) is 5.43 Å². The van der Waals surface area contributed by atoms with Crippen LogP contribution >= 0.6 is 11.8 Å². The zero-order valence-corrected chi connectivity index (χ0v) is 11.9. The lowest BCUT2D eigenvalue weighted by atomic mass is 10.2. The molecule has 0 radical (unpaired) electrons.